The molecule has 0 aromatic carbocycles. The third kappa shape index (κ3) is 3.48. The van der Waals surface area contributed by atoms with Crippen LogP contribution in [0.3, 0.4) is 0 Å². The Morgan fingerprint density at radius 3 is 2.96 bits per heavy atom. The SMILES string of the molecule is COc1cc(C)cnc1C(=O)N[C@H]1COC[C@H]1Oc1cnn(C)c1. The van der Waals surface area contributed by atoms with Gasteiger partial charge in [-0.2, -0.15) is 5.10 Å². The van der Waals surface area contributed by atoms with E-state index in [2.05, 4.69) is 15.4 Å². The van der Waals surface area contributed by atoms with E-state index in [0.717, 1.165) is 5.56 Å². The van der Waals surface area contributed by atoms with Gasteiger partial charge in [0, 0.05) is 13.2 Å². The first-order chi connectivity index (χ1) is 11.6. The number of aromatic nitrogens is 3. The van der Waals surface area contributed by atoms with E-state index >= 15 is 0 Å². The van der Waals surface area contributed by atoms with E-state index < -0.39 is 0 Å². The summed E-state index contributed by atoms with van der Waals surface area (Å²) in [5, 5.41) is 6.97. The Morgan fingerprint density at radius 1 is 1.42 bits per heavy atom. The fraction of sp³-hybridized carbons (Fsp3) is 0.438. The van der Waals surface area contributed by atoms with Crippen molar-refractivity contribution in [2.24, 2.45) is 7.05 Å². The summed E-state index contributed by atoms with van der Waals surface area (Å²) in [6, 6.07) is 1.50. The molecule has 0 spiro atoms. The van der Waals surface area contributed by atoms with E-state index in [1.54, 1.807) is 29.3 Å². The molecule has 3 rings (SSSR count). The number of carbonyl (C=O) groups is 1. The molecule has 0 bridgehead atoms. The van der Waals surface area contributed by atoms with Gasteiger partial charge in [0.1, 0.15) is 11.9 Å². The Hall–Kier alpha value is -2.61. The maximum Gasteiger partial charge on any atom is 0.274 e. The molecule has 1 amide bonds. The number of methoxy groups -OCH3 is 1. The third-order valence-electron chi connectivity index (χ3n) is 3.74. The highest BCUT2D eigenvalue weighted by Crippen LogP contribution is 2.19. The van der Waals surface area contributed by atoms with E-state index in [1.165, 1.54) is 7.11 Å². The lowest BCUT2D eigenvalue weighted by atomic mass is 10.2. The van der Waals surface area contributed by atoms with Gasteiger partial charge in [-0.1, -0.05) is 0 Å². The highest BCUT2D eigenvalue weighted by Gasteiger charge is 2.32. The highest BCUT2D eigenvalue weighted by molar-refractivity contribution is 5.95. The first-order valence-electron chi connectivity index (χ1n) is 7.61. The predicted octanol–water partition coefficient (Wildman–Crippen LogP) is 0.708. The Balaban J connectivity index is 1.69. The minimum Gasteiger partial charge on any atom is -0.494 e. The standard InChI is InChI=1S/C16H20N4O4/c1-10-4-13(22-3)15(17-5-10)16(21)19-12-8-23-9-14(12)24-11-6-18-20(2)7-11/h4-7,12,14H,8-9H2,1-3H3,(H,19,21)/t12-,14+/m0/s1. The van der Waals surface area contributed by atoms with Crippen molar-refractivity contribution >= 4 is 5.91 Å². The molecule has 128 valence electrons. The first kappa shape index (κ1) is 16.3. The van der Waals surface area contributed by atoms with Crippen LogP contribution in [0.4, 0.5) is 0 Å². The van der Waals surface area contributed by atoms with Crippen molar-refractivity contribution in [2.75, 3.05) is 20.3 Å². The Kier molecular flexibility index (Phi) is 4.66. The second kappa shape index (κ2) is 6.88. The number of hydrogen-bond acceptors (Lipinski definition) is 6. The van der Waals surface area contributed by atoms with Gasteiger partial charge in [0.15, 0.2) is 11.4 Å². The average Bonchev–Trinajstić information content (AvgIpc) is 3.16. The van der Waals surface area contributed by atoms with Gasteiger partial charge in [-0.3, -0.25) is 9.48 Å². The van der Waals surface area contributed by atoms with Gasteiger partial charge in [-0.05, 0) is 18.6 Å². The zero-order valence-corrected chi connectivity index (χ0v) is 13.9. The van der Waals surface area contributed by atoms with Crippen LogP contribution in [0.15, 0.2) is 24.7 Å². The molecule has 0 radical (unpaired) electrons. The van der Waals surface area contributed by atoms with Crippen LogP contribution >= 0.6 is 0 Å². The second-order valence-electron chi connectivity index (χ2n) is 5.69. The summed E-state index contributed by atoms with van der Waals surface area (Å²) in [4.78, 5) is 16.7. The van der Waals surface area contributed by atoms with Crippen LogP contribution in [0.5, 0.6) is 11.5 Å². The van der Waals surface area contributed by atoms with Crippen LogP contribution in [-0.2, 0) is 11.8 Å². The van der Waals surface area contributed by atoms with Crippen LogP contribution in [0.2, 0.25) is 0 Å². The van der Waals surface area contributed by atoms with Gasteiger partial charge in [0.2, 0.25) is 0 Å². The monoisotopic (exact) mass is 332 g/mol. The maximum atomic E-state index is 12.5. The van der Waals surface area contributed by atoms with Crippen LogP contribution < -0.4 is 14.8 Å². The topological polar surface area (TPSA) is 87.5 Å². The number of rotatable bonds is 5. The molecule has 0 unspecified atom stereocenters. The molecular formula is C16H20N4O4. The molecule has 2 atom stereocenters. The Morgan fingerprint density at radius 2 is 2.25 bits per heavy atom. The van der Waals surface area contributed by atoms with Crippen molar-refractivity contribution in [3.8, 4) is 11.5 Å². The van der Waals surface area contributed by atoms with Crippen molar-refractivity contribution in [3.05, 3.63) is 35.9 Å². The summed E-state index contributed by atoms with van der Waals surface area (Å²) in [6.45, 7) is 2.67. The fourth-order valence-corrected chi connectivity index (χ4v) is 2.53. The van der Waals surface area contributed by atoms with Gasteiger partial charge >= 0.3 is 0 Å². The van der Waals surface area contributed by atoms with Crippen LogP contribution in [-0.4, -0.2) is 53.1 Å². The summed E-state index contributed by atoms with van der Waals surface area (Å²) in [5.74, 6) is 0.761. The van der Waals surface area contributed by atoms with Gasteiger partial charge < -0.3 is 19.5 Å². The number of pyridine rings is 1. The molecule has 1 N–H and O–H groups in total. The predicted molar refractivity (Wildman–Crippen MR) is 85.2 cm³/mol. The zero-order chi connectivity index (χ0) is 17.1. The number of ether oxygens (including phenoxy) is 3. The molecular weight excluding hydrogens is 312 g/mol. The van der Waals surface area contributed by atoms with E-state index in [4.69, 9.17) is 14.2 Å². The molecule has 8 heteroatoms. The summed E-state index contributed by atoms with van der Waals surface area (Å²) in [5.41, 5.74) is 1.17. The van der Waals surface area contributed by atoms with Crippen LogP contribution in [0, 0.1) is 6.92 Å². The average molecular weight is 332 g/mol. The Labute approximate surface area is 139 Å². The number of amides is 1. The molecule has 2 aromatic rings. The summed E-state index contributed by atoms with van der Waals surface area (Å²) in [6.07, 6.45) is 4.74. The Bertz CT molecular complexity index is 731. The third-order valence-corrected chi connectivity index (χ3v) is 3.74. The minimum atomic E-state index is -0.317. The number of hydrogen-bond donors (Lipinski definition) is 1. The number of nitrogens with zero attached hydrogens (tertiary/aromatic N) is 3. The minimum absolute atomic E-state index is 0.245. The molecule has 3 heterocycles. The summed E-state index contributed by atoms with van der Waals surface area (Å²) in [7, 11) is 3.33. The van der Waals surface area contributed by atoms with Gasteiger partial charge in [-0.15, -0.1) is 0 Å². The molecule has 2 aromatic heterocycles. The molecule has 1 aliphatic rings. The zero-order valence-electron chi connectivity index (χ0n) is 13.9. The summed E-state index contributed by atoms with van der Waals surface area (Å²) < 4.78 is 18.2. The van der Waals surface area contributed by atoms with E-state index in [9.17, 15) is 4.79 Å². The number of aryl methyl sites for hydroxylation is 2. The molecule has 1 aliphatic heterocycles. The van der Waals surface area contributed by atoms with Crippen LogP contribution in [0.1, 0.15) is 16.1 Å². The largest absolute Gasteiger partial charge is 0.494 e. The van der Waals surface area contributed by atoms with Crippen molar-refractivity contribution < 1.29 is 19.0 Å². The van der Waals surface area contributed by atoms with E-state index in [0.29, 0.717) is 24.7 Å². The smallest absolute Gasteiger partial charge is 0.274 e. The van der Waals surface area contributed by atoms with Crippen molar-refractivity contribution in [3.63, 3.8) is 0 Å². The molecule has 8 nitrogen and oxygen atoms in total. The molecule has 24 heavy (non-hydrogen) atoms. The van der Waals surface area contributed by atoms with Gasteiger partial charge in [0.25, 0.3) is 5.91 Å². The van der Waals surface area contributed by atoms with Gasteiger partial charge in [0.05, 0.1) is 38.8 Å². The normalized spacial score (nSPS) is 20.0. The quantitative estimate of drug-likeness (QED) is 0.868. The second-order valence-corrected chi connectivity index (χ2v) is 5.69. The maximum absolute atomic E-state index is 12.5. The lowest BCUT2D eigenvalue weighted by Crippen LogP contribution is -2.45. The lowest BCUT2D eigenvalue weighted by molar-refractivity contribution is 0.0895. The molecule has 0 aliphatic carbocycles. The van der Waals surface area contributed by atoms with E-state index in [1.807, 2.05) is 14.0 Å². The van der Waals surface area contributed by atoms with Crippen molar-refractivity contribution in [1.82, 2.24) is 20.1 Å². The molecule has 1 saturated heterocycles. The molecule has 1 fully saturated rings. The fourth-order valence-electron chi connectivity index (χ4n) is 2.53. The lowest BCUT2D eigenvalue weighted by Gasteiger charge is -2.20. The van der Waals surface area contributed by atoms with Crippen molar-refractivity contribution in [2.45, 2.75) is 19.1 Å². The first-order valence-corrected chi connectivity index (χ1v) is 7.61. The van der Waals surface area contributed by atoms with Gasteiger partial charge in [-0.25, -0.2) is 4.98 Å². The highest BCUT2D eigenvalue weighted by atomic mass is 16.5. The van der Waals surface area contributed by atoms with Crippen LogP contribution in [0.25, 0.3) is 0 Å². The number of nitrogens with one attached hydrogen (secondary N) is 1. The molecule has 0 saturated carbocycles. The van der Waals surface area contributed by atoms with E-state index in [-0.39, 0.29) is 23.7 Å². The van der Waals surface area contributed by atoms with Crippen molar-refractivity contribution in [1.29, 1.82) is 0 Å². The number of carbonyl (C=O) groups excluding carboxylic acids is 1. The summed E-state index contributed by atoms with van der Waals surface area (Å²) >= 11 is 0.